The highest BCUT2D eigenvalue weighted by molar-refractivity contribution is 5.81. The molecule has 0 aliphatic carbocycles. The Kier molecular flexibility index (Phi) is 42.8. The van der Waals surface area contributed by atoms with Crippen LogP contribution in [0.3, 0.4) is 0 Å². The van der Waals surface area contributed by atoms with Gasteiger partial charge in [-0.2, -0.15) is 0 Å². The van der Waals surface area contributed by atoms with Crippen molar-refractivity contribution in [1.82, 2.24) is 0 Å². The molecule has 0 aromatic carbocycles. The average molecular weight is 735 g/mol. The van der Waals surface area contributed by atoms with Crippen LogP contribution in [-0.2, 0) is 19.1 Å². The molecular formula is C49H82O4. The lowest BCUT2D eigenvalue weighted by Crippen LogP contribution is -2.09. The third kappa shape index (κ3) is 45.2. The maximum absolute atomic E-state index is 11.9. The van der Waals surface area contributed by atoms with Crippen molar-refractivity contribution in [2.45, 2.75) is 200 Å². The van der Waals surface area contributed by atoms with Crippen molar-refractivity contribution in [2.75, 3.05) is 13.2 Å². The summed E-state index contributed by atoms with van der Waals surface area (Å²) in [5.74, 6) is -0.526. The Morgan fingerprint density at radius 3 is 1.19 bits per heavy atom. The molecule has 0 atom stereocenters. The number of carbonyl (C=O) groups excluding carboxylic acids is 2. The zero-order chi connectivity index (χ0) is 38.4. The van der Waals surface area contributed by atoms with E-state index < -0.39 is 0 Å². The van der Waals surface area contributed by atoms with Gasteiger partial charge in [0.25, 0.3) is 0 Å². The number of rotatable bonds is 39. The van der Waals surface area contributed by atoms with Crippen molar-refractivity contribution in [3.8, 4) is 0 Å². The van der Waals surface area contributed by atoms with Gasteiger partial charge in [-0.3, -0.25) is 4.79 Å². The number of allylic oxidation sites excluding steroid dienone is 13. The summed E-state index contributed by atoms with van der Waals surface area (Å²) in [4.78, 5) is 23.8. The molecule has 0 aliphatic rings. The van der Waals surface area contributed by atoms with Gasteiger partial charge in [0.2, 0.25) is 0 Å². The fourth-order valence-corrected chi connectivity index (χ4v) is 5.90. The number of esters is 2. The van der Waals surface area contributed by atoms with Crippen LogP contribution >= 0.6 is 0 Å². The molecule has 0 rings (SSSR count). The number of hydrogen-bond donors (Lipinski definition) is 0. The third-order valence-electron chi connectivity index (χ3n) is 9.14. The van der Waals surface area contributed by atoms with E-state index in [0.29, 0.717) is 19.3 Å². The van der Waals surface area contributed by atoms with Crippen molar-refractivity contribution >= 4 is 11.9 Å². The van der Waals surface area contributed by atoms with E-state index in [1.807, 2.05) is 12.2 Å². The first-order valence-corrected chi connectivity index (χ1v) is 22.1. The molecule has 0 spiro atoms. The molecule has 53 heavy (non-hydrogen) atoms. The van der Waals surface area contributed by atoms with Crippen LogP contribution in [-0.4, -0.2) is 25.2 Å². The second kappa shape index (κ2) is 45.3. The SMILES string of the molecule is CCC=CCC=CCC=CCC=CCC=CCC=CCCC(=O)OCCCOC(=O)C=CCCCCCCCCCCCCCCCCCCCCC. The van der Waals surface area contributed by atoms with Gasteiger partial charge in [-0.25, -0.2) is 4.79 Å². The van der Waals surface area contributed by atoms with Crippen LogP contribution in [0, 0.1) is 0 Å². The zero-order valence-electron chi connectivity index (χ0n) is 34.6. The number of hydrogen-bond acceptors (Lipinski definition) is 4. The minimum atomic E-state index is -0.313. The lowest BCUT2D eigenvalue weighted by molar-refractivity contribution is -0.144. The van der Waals surface area contributed by atoms with E-state index in [9.17, 15) is 9.59 Å². The molecule has 0 saturated heterocycles. The fourth-order valence-electron chi connectivity index (χ4n) is 5.90. The van der Waals surface area contributed by atoms with E-state index in [2.05, 4.69) is 80.7 Å². The Morgan fingerprint density at radius 2 is 0.755 bits per heavy atom. The van der Waals surface area contributed by atoms with Gasteiger partial charge in [0.15, 0.2) is 0 Å². The molecule has 0 aromatic rings. The Labute approximate surface area is 328 Å². The number of ether oxygens (including phenoxy) is 2. The van der Waals surface area contributed by atoms with Gasteiger partial charge < -0.3 is 9.47 Å². The van der Waals surface area contributed by atoms with Crippen molar-refractivity contribution in [1.29, 1.82) is 0 Å². The third-order valence-corrected chi connectivity index (χ3v) is 9.14. The Morgan fingerprint density at radius 1 is 0.377 bits per heavy atom. The average Bonchev–Trinajstić information content (AvgIpc) is 3.16. The van der Waals surface area contributed by atoms with Crippen molar-refractivity contribution in [3.05, 3.63) is 85.1 Å². The summed E-state index contributed by atoms with van der Waals surface area (Å²) in [7, 11) is 0. The molecule has 302 valence electrons. The smallest absolute Gasteiger partial charge is 0.330 e. The van der Waals surface area contributed by atoms with Crippen molar-refractivity contribution in [2.24, 2.45) is 0 Å². The summed E-state index contributed by atoms with van der Waals surface area (Å²) < 4.78 is 10.5. The van der Waals surface area contributed by atoms with Crippen molar-refractivity contribution < 1.29 is 19.1 Å². The molecule has 4 nitrogen and oxygen atoms in total. The Balaban J connectivity index is 3.47. The fraction of sp³-hybridized carbons (Fsp3) is 0.673. The molecule has 0 aromatic heterocycles. The predicted molar refractivity (Wildman–Crippen MR) is 231 cm³/mol. The molecule has 0 N–H and O–H groups in total. The summed E-state index contributed by atoms with van der Waals surface area (Å²) in [6.45, 7) is 4.98. The van der Waals surface area contributed by atoms with Crippen LogP contribution in [0.4, 0.5) is 0 Å². The quantitative estimate of drug-likeness (QED) is 0.0273. The van der Waals surface area contributed by atoms with Crippen LogP contribution in [0.15, 0.2) is 85.1 Å². The topological polar surface area (TPSA) is 52.6 Å². The molecule has 4 heteroatoms. The van der Waals surface area contributed by atoms with Crippen molar-refractivity contribution in [3.63, 3.8) is 0 Å². The van der Waals surface area contributed by atoms with E-state index in [-0.39, 0.29) is 25.2 Å². The first-order chi connectivity index (χ1) is 26.2. The molecule has 0 radical (unpaired) electrons. The van der Waals surface area contributed by atoms with Gasteiger partial charge in [-0.1, -0.05) is 208 Å². The van der Waals surface area contributed by atoms with E-state index in [4.69, 9.17) is 9.47 Å². The number of unbranched alkanes of at least 4 members (excludes halogenated alkanes) is 19. The summed E-state index contributed by atoms with van der Waals surface area (Å²) in [5, 5.41) is 0. The van der Waals surface area contributed by atoms with Gasteiger partial charge in [0.05, 0.1) is 13.2 Å². The van der Waals surface area contributed by atoms with E-state index in [1.165, 1.54) is 122 Å². The Hall–Kier alpha value is -2.88. The Bertz CT molecular complexity index is 996. The van der Waals surface area contributed by atoms with E-state index in [0.717, 1.165) is 51.4 Å². The first kappa shape index (κ1) is 50.1. The van der Waals surface area contributed by atoms with E-state index in [1.54, 1.807) is 0 Å². The summed E-state index contributed by atoms with van der Waals surface area (Å²) in [5.41, 5.74) is 0. The largest absolute Gasteiger partial charge is 0.466 e. The normalized spacial score (nSPS) is 12.4. The molecule has 0 aliphatic heterocycles. The molecule has 0 bridgehead atoms. The number of carbonyl (C=O) groups is 2. The van der Waals surface area contributed by atoms with Gasteiger partial charge in [-0.05, 0) is 57.8 Å². The van der Waals surface area contributed by atoms with Crippen LogP contribution in [0.1, 0.15) is 200 Å². The second-order valence-electron chi connectivity index (χ2n) is 14.3. The van der Waals surface area contributed by atoms with Gasteiger partial charge in [-0.15, -0.1) is 0 Å². The zero-order valence-corrected chi connectivity index (χ0v) is 34.6. The second-order valence-corrected chi connectivity index (χ2v) is 14.3. The van der Waals surface area contributed by atoms with Crippen LogP contribution < -0.4 is 0 Å². The van der Waals surface area contributed by atoms with Gasteiger partial charge in [0.1, 0.15) is 0 Å². The minimum Gasteiger partial charge on any atom is -0.466 e. The van der Waals surface area contributed by atoms with Crippen LogP contribution in [0.5, 0.6) is 0 Å². The van der Waals surface area contributed by atoms with Gasteiger partial charge in [0, 0.05) is 18.9 Å². The molecule has 0 unspecified atom stereocenters. The highest BCUT2D eigenvalue weighted by atomic mass is 16.5. The maximum atomic E-state index is 11.9. The molecule has 0 fully saturated rings. The van der Waals surface area contributed by atoms with Crippen LogP contribution in [0.2, 0.25) is 0 Å². The molecular weight excluding hydrogens is 653 g/mol. The summed E-state index contributed by atoms with van der Waals surface area (Å²) in [6, 6.07) is 0. The minimum absolute atomic E-state index is 0.213. The van der Waals surface area contributed by atoms with E-state index >= 15 is 0 Å². The standard InChI is InChI=1S/C49H82O4/c1-3-5-7-9-11-13-15-17-19-21-23-24-26-28-30-32-34-36-38-40-42-45-49(51)53-47-43-46-52-48(50)44-41-39-37-35-33-31-29-27-25-22-20-18-16-14-12-10-8-6-4-2/h6,8,12,14,18,20,25,27,31,33,37,39,42,45H,3-5,7,9-11,13,15-17,19,21-24,26,28-30,32,34-36,38,40-41,43-44,46-47H2,1-2H3. The predicted octanol–water partition coefficient (Wildman–Crippen LogP) is 15.3. The van der Waals surface area contributed by atoms with Gasteiger partial charge >= 0.3 is 11.9 Å². The highest BCUT2D eigenvalue weighted by Crippen LogP contribution is 2.15. The lowest BCUT2D eigenvalue weighted by atomic mass is 10.0. The van der Waals surface area contributed by atoms with Crippen LogP contribution in [0.25, 0.3) is 0 Å². The molecule has 0 heterocycles. The molecule has 0 saturated carbocycles. The highest BCUT2D eigenvalue weighted by Gasteiger charge is 2.02. The maximum Gasteiger partial charge on any atom is 0.330 e. The monoisotopic (exact) mass is 735 g/mol. The molecule has 0 amide bonds. The summed E-state index contributed by atoms with van der Waals surface area (Å²) in [6.07, 6.45) is 64.1. The summed E-state index contributed by atoms with van der Waals surface area (Å²) >= 11 is 0. The lowest BCUT2D eigenvalue weighted by Gasteiger charge is -2.04. The first-order valence-electron chi connectivity index (χ1n) is 22.1.